The van der Waals surface area contributed by atoms with Gasteiger partial charge in [0.15, 0.2) is 17.6 Å². The van der Waals surface area contributed by atoms with Crippen molar-refractivity contribution in [3.63, 3.8) is 0 Å². The number of hydrogen-bond acceptors (Lipinski definition) is 6. The van der Waals surface area contributed by atoms with Crippen LogP contribution in [0.25, 0.3) is 0 Å². The van der Waals surface area contributed by atoms with Gasteiger partial charge in [-0.3, -0.25) is 0 Å². The van der Waals surface area contributed by atoms with Crippen molar-refractivity contribution >= 4 is 41.6 Å². The lowest BCUT2D eigenvalue weighted by molar-refractivity contribution is 0.122. The van der Waals surface area contributed by atoms with E-state index in [1.807, 2.05) is 24.1 Å². The fourth-order valence-electron chi connectivity index (χ4n) is 3.97. The molecule has 0 saturated carbocycles. The standard InChI is InChI=1S/C22H30FN7O.HI/c1-2-24-22(28-18-7-10-30(16-18)21-19(23)6-4-9-26-21)27-15-17-5-3-8-25-20(17)29-11-13-31-14-12-29;/h3-6,8-9,18H,2,7,10-16H2,1H3,(H2,24,27,28);1H. The van der Waals surface area contributed by atoms with Gasteiger partial charge in [-0.15, -0.1) is 24.0 Å². The summed E-state index contributed by atoms with van der Waals surface area (Å²) < 4.78 is 19.5. The zero-order valence-corrected chi connectivity index (χ0v) is 20.7. The number of aromatic nitrogens is 2. The average molecular weight is 555 g/mol. The molecule has 1 atom stereocenters. The van der Waals surface area contributed by atoms with Gasteiger partial charge in [-0.1, -0.05) is 6.07 Å². The van der Waals surface area contributed by atoms with Crippen molar-refractivity contribution in [2.45, 2.75) is 25.9 Å². The molecule has 0 aromatic carbocycles. The predicted octanol–water partition coefficient (Wildman–Crippen LogP) is 2.40. The molecule has 0 amide bonds. The van der Waals surface area contributed by atoms with Crippen LogP contribution in [-0.4, -0.2) is 67.9 Å². The van der Waals surface area contributed by atoms with Gasteiger partial charge in [0.2, 0.25) is 0 Å². The minimum atomic E-state index is -0.282. The number of aliphatic imine (C=N–C) groups is 1. The van der Waals surface area contributed by atoms with Crippen LogP contribution in [0.15, 0.2) is 41.7 Å². The second kappa shape index (κ2) is 12.1. The van der Waals surface area contributed by atoms with Crippen molar-refractivity contribution < 1.29 is 9.13 Å². The van der Waals surface area contributed by atoms with Crippen LogP contribution in [0.2, 0.25) is 0 Å². The van der Waals surface area contributed by atoms with Crippen molar-refractivity contribution in [2.75, 3.05) is 55.7 Å². The first-order chi connectivity index (χ1) is 15.2. The van der Waals surface area contributed by atoms with Gasteiger partial charge in [-0.05, 0) is 31.5 Å². The summed E-state index contributed by atoms with van der Waals surface area (Å²) in [6, 6.07) is 7.27. The summed E-state index contributed by atoms with van der Waals surface area (Å²) in [4.78, 5) is 17.8. The van der Waals surface area contributed by atoms with E-state index < -0.39 is 0 Å². The zero-order chi connectivity index (χ0) is 21.5. The molecule has 2 aliphatic rings. The number of anilines is 2. The number of pyridine rings is 2. The summed E-state index contributed by atoms with van der Waals surface area (Å²) in [6.45, 7) is 7.91. The van der Waals surface area contributed by atoms with Crippen molar-refractivity contribution in [1.29, 1.82) is 0 Å². The molecule has 10 heteroatoms. The number of ether oxygens (including phenoxy) is 1. The monoisotopic (exact) mass is 555 g/mol. The molecule has 1 unspecified atom stereocenters. The van der Waals surface area contributed by atoms with Crippen LogP contribution in [0.1, 0.15) is 18.9 Å². The lowest BCUT2D eigenvalue weighted by Gasteiger charge is -2.29. The van der Waals surface area contributed by atoms with Crippen LogP contribution in [-0.2, 0) is 11.3 Å². The minimum Gasteiger partial charge on any atom is -0.378 e. The third kappa shape index (κ3) is 6.18. The molecule has 0 radical (unpaired) electrons. The maximum atomic E-state index is 14.1. The van der Waals surface area contributed by atoms with Crippen molar-refractivity contribution in [2.24, 2.45) is 4.99 Å². The highest BCUT2D eigenvalue weighted by atomic mass is 127. The van der Waals surface area contributed by atoms with E-state index in [9.17, 15) is 4.39 Å². The van der Waals surface area contributed by atoms with Crippen LogP contribution in [0.3, 0.4) is 0 Å². The minimum absolute atomic E-state index is 0. The lowest BCUT2D eigenvalue weighted by atomic mass is 10.2. The molecule has 0 aliphatic carbocycles. The maximum absolute atomic E-state index is 14.1. The molecule has 2 aromatic rings. The molecule has 174 valence electrons. The van der Waals surface area contributed by atoms with E-state index >= 15 is 0 Å². The van der Waals surface area contributed by atoms with E-state index in [1.165, 1.54) is 6.07 Å². The molecule has 2 N–H and O–H groups in total. The van der Waals surface area contributed by atoms with E-state index in [1.54, 1.807) is 12.3 Å². The summed E-state index contributed by atoms with van der Waals surface area (Å²) in [6.07, 6.45) is 4.35. The summed E-state index contributed by atoms with van der Waals surface area (Å²) in [5, 5.41) is 6.82. The second-order valence-corrected chi connectivity index (χ2v) is 7.67. The van der Waals surface area contributed by atoms with Gasteiger partial charge in [0, 0.05) is 56.7 Å². The third-order valence-corrected chi connectivity index (χ3v) is 5.50. The van der Waals surface area contributed by atoms with E-state index in [4.69, 9.17) is 9.73 Å². The number of nitrogens with zero attached hydrogens (tertiary/aromatic N) is 5. The fraction of sp³-hybridized carbons (Fsp3) is 0.500. The Balaban J connectivity index is 0.00000289. The molecule has 32 heavy (non-hydrogen) atoms. The van der Waals surface area contributed by atoms with E-state index in [0.717, 1.165) is 63.2 Å². The van der Waals surface area contributed by atoms with Gasteiger partial charge >= 0.3 is 0 Å². The summed E-state index contributed by atoms with van der Waals surface area (Å²) >= 11 is 0. The van der Waals surface area contributed by atoms with E-state index in [-0.39, 0.29) is 35.8 Å². The largest absolute Gasteiger partial charge is 0.378 e. The summed E-state index contributed by atoms with van der Waals surface area (Å²) in [5.41, 5.74) is 1.09. The van der Waals surface area contributed by atoms with Gasteiger partial charge in [0.1, 0.15) is 5.82 Å². The lowest BCUT2D eigenvalue weighted by Crippen LogP contribution is -2.44. The summed E-state index contributed by atoms with van der Waals surface area (Å²) in [5.74, 6) is 1.87. The van der Waals surface area contributed by atoms with Crippen LogP contribution >= 0.6 is 24.0 Å². The molecular formula is C22H31FIN7O. The maximum Gasteiger partial charge on any atom is 0.191 e. The first-order valence-corrected chi connectivity index (χ1v) is 10.9. The number of hydrogen-bond donors (Lipinski definition) is 2. The van der Waals surface area contributed by atoms with Gasteiger partial charge < -0.3 is 25.2 Å². The first kappa shape index (κ1) is 24.4. The molecule has 2 fully saturated rings. The molecule has 2 aliphatic heterocycles. The third-order valence-electron chi connectivity index (χ3n) is 5.50. The molecule has 8 nitrogen and oxygen atoms in total. The highest BCUT2D eigenvalue weighted by molar-refractivity contribution is 14.0. The van der Waals surface area contributed by atoms with E-state index in [0.29, 0.717) is 18.9 Å². The average Bonchev–Trinajstić information content (AvgIpc) is 3.27. The second-order valence-electron chi connectivity index (χ2n) is 7.67. The van der Waals surface area contributed by atoms with E-state index in [2.05, 4.69) is 31.6 Å². The molecular weight excluding hydrogens is 524 g/mol. The van der Waals surface area contributed by atoms with Crippen molar-refractivity contribution in [3.8, 4) is 0 Å². The van der Waals surface area contributed by atoms with Gasteiger partial charge in [-0.2, -0.15) is 0 Å². The SMILES string of the molecule is CCNC(=NCc1cccnc1N1CCOCC1)NC1CCN(c2ncccc2F)C1.I. The Bertz CT molecular complexity index is 894. The Kier molecular flexibility index (Phi) is 9.27. The van der Waals surface area contributed by atoms with Crippen molar-refractivity contribution in [1.82, 2.24) is 20.6 Å². The Labute approximate surface area is 205 Å². The Morgan fingerprint density at radius 2 is 1.88 bits per heavy atom. The molecule has 2 saturated heterocycles. The topological polar surface area (TPSA) is 77.9 Å². The normalized spacial score (nSPS) is 18.9. The number of halogens is 2. The number of rotatable bonds is 6. The Morgan fingerprint density at radius 3 is 2.62 bits per heavy atom. The predicted molar refractivity (Wildman–Crippen MR) is 135 cm³/mol. The van der Waals surface area contributed by atoms with Crippen LogP contribution in [0.4, 0.5) is 16.0 Å². The van der Waals surface area contributed by atoms with Crippen LogP contribution in [0, 0.1) is 5.82 Å². The van der Waals surface area contributed by atoms with Crippen molar-refractivity contribution in [3.05, 3.63) is 48.0 Å². The van der Waals surface area contributed by atoms with Crippen LogP contribution < -0.4 is 20.4 Å². The molecule has 4 heterocycles. The van der Waals surface area contributed by atoms with Crippen LogP contribution in [0.5, 0.6) is 0 Å². The smallest absolute Gasteiger partial charge is 0.191 e. The van der Waals surface area contributed by atoms with Gasteiger partial charge in [0.05, 0.1) is 19.8 Å². The zero-order valence-electron chi connectivity index (χ0n) is 18.3. The molecule has 4 rings (SSSR count). The number of nitrogens with one attached hydrogen (secondary N) is 2. The molecule has 0 bridgehead atoms. The number of morpholine rings is 1. The van der Waals surface area contributed by atoms with Gasteiger partial charge in [0.25, 0.3) is 0 Å². The Hall–Kier alpha value is -2.21. The van der Waals surface area contributed by atoms with Gasteiger partial charge in [-0.25, -0.2) is 19.4 Å². The highest BCUT2D eigenvalue weighted by Gasteiger charge is 2.26. The molecule has 2 aromatic heterocycles. The molecule has 0 spiro atoms. The first-order valence-electron chi connectivity index (χ1n) is 10.9. The summed E-state index contributed by atoms with van der Waals surface area (Å²) in [7, 11) is 0. The Morgan fingerprint density at radius 1 is 1.12 bits per heavy atom. The fourth-order valence-corrected chi connectivity index (χ4v) is 3.97. The quantitative estimate of drug-likeness (QED) is 0.322. The number of guanidine groups is 1. The highest BCUT2D eigenvalue weighted by Crippen LogP contribution is 2.21.